The van der Waals surface area contributed by atoms with Crippen molar-refractivity contribution in [2.75, 3.05) is 13.7 Å². The molecule has 0 aliphatic heterocycles. The highest BCUT2D eigenvalue weighted by molar-refractivity contribution is 5.30. The lowest BCUT2D eigenvalue weighted by Gasteiger charge is -2.10. The second-order valence-electron chi connectivity index (χ2n) is 4.81. The molecule has 0 heterocycles. The molecule has 4 heteroatoms. The van der Waals surface area contributed by atoms with Crippen molar-refractivity contribution in [1.82, 2.24) is 0 Å². The van der Waals surface area contributed by atoms with Crippen LogP contribution in [0, 0.1) is 5.82 Å². The van der Waals surface area contributed by atoms with E-state index in [0.29, 0.717) is 12.4 Å². The molecule has 0 amide bonds. The number of aliphatic hydroxyl groups is 1. The molecule has 0 saturated heterocycles. The van der Waals surface area contributed by atoms with Crippen molar-refractivity contribution in [1.29, 1.82) is 0 Å². The van der Waals surface area contributed by atoms with E-state index in [0.717, 1.165) is 17.7 Å². The van der Waals surface area contributed by atoms with E-state index >= 15 is 0 Å². The molecule has 2 aromatic rings. The highest BCUT2D eigenvalue weighted by atomic mass is 19.1. The number of ether oxygens (including phenoxy) is 2. The van der Waals surface area contributed by atoms with E-state index < -0.39 is 11.9 Å². The van der Waals surface area contributed by atoms with E-state index in [1.165, 1.54) is 13.0 Å². The highest BCUT2D eigenvalue weighted by Crippen LogP contribution is 2.22. The molecule has 0 aromatic heterocycles. The lowest BCUT2D eigenvalue weighted by atomic mass is 10.1. The van der Waals surface area contributed by atoms with Crippen molar-refractivity contribution in [3.63, 3.8) is 0 Å². The fourth-order valence-electron chi connectivity index (χ4n) is 2.02. The Kier molecular flexibility index (Phi) is 5.17. The number of rotatable bonds is 6. The smallest absolute Gasteiger partial charge is 0.132 e. The van der Waals surface area contributed by atoms with Crippen molar-refractivity contribution < 1.29 is 19.0 Å². The molecule has 21 heavy (non-hydrogen) atoms. The zero-order valence-electron chi connectivity index (χ0n) is 12.2. The van der Waals surface area contributed by atoms with Gasteiger partial charge in [-0.25, -0.2) is 4.39 Å². The van der Waals surface area contributed by atoms with Crippen molar-refractivity contribution in [3.8, 4) is 11.5 Å². The lowest BCUT2D eigenvalue weighted by molar-refractivity contribution is 0.194. The van der Waals surface area contributed by atoms with E-state index in [1.54, 1.807) is 19.2 Å². The van der Waals surface area contributed by atoms with E-state index in [9.17, 15) is 9.50 Å². The average Bonchev–Trinajstić information content (AvgIpc) is 2.47. The van der Waals surface area contributed by atoms with Crippen LogP contribution in [0.15, 0.2) is 42.5 Å². The quantitative estimate of drug-likeness (QED) is 0.885. The summed E-state index contributed by atoms with van der Waals surface area (Å²) in [5.74, 6) is 0.827. The predicted molar refractivity (Wildman–Crippen MR) is 79.2 cm³/mol. The standard InChI is InChI=1S/C17H19FO3/c1-12(19)16-8-7-15(11-17(16)18)21-10-9-13-3-5-14(20-2)6-4-13/h3-8,11-12,19H,9-10H2,1-2H3/t12-/m1/s1. The van der Waals surface area contributed by atoms with Gasteiger partial charge in [0, 0.05) is 18.1 Å². The maximum Gasteiger partial charge on any atom is 0.132 e. The van der Waals surface area contributed by atoms with Crippen LogP contribution in [0.2, 0.25) is 0 Å². The van der Waals surface area contributed by atoms with Crippen LogP contribution in [0.1, 0.15) is 24.2 Å². The largest absolute Gasteiger partial charge is 0.497 e. The SMILES string of the molecule is COc1ccc(CCOc2ccc([C@@H](C)O)c(F)c2)cc1. The number of halogens is 1. The van der Waals surface area contributed by atoms with Gasteiger partial charge in [-0.1, -0.05) is 12.1 Å². The molecule has 0 fully saturated rings. The number of methoxy groups -OCH3 is 1. The topological polar surface area (TPSA) is 38.7 Å². The minimum atomic E-state index is -0.821. The third kappa shape index (κ3) is 4.20. The first kappa shape index (κ1) is 15.3. The molecule has 0 radical (unpaired) electrons. The summed E-state index contributed by atoms with van der Waals surface area (Å²) in [7, 11) is 1.63. The Bertz CT molecular complexity index is 579. The van der Waals surface area contributed by atoms with E-state index in [1.807, 2.05) is 24.3 Å². The summed E-state index contributed by atoms with van der Waals surface area (Å²) in [6.07, 6.45) is -0.0950. The van der Waals surface area contributed by atoms with Crippen molar-refractivity contribution in [2.24, 2.45) is 0 Å². The van der Waals surface area contributed by atoms with Gasteiger partial charge in [-0.2, -0.15) is 0 Å². The summed E-state index contributed by atoms with van der Waals surface area (Å²) in [5, 5.41) is 9.37. The maximum atomic E-state index is 13.7. The van der Waals surface area contributed by atoms with E-state index in [-0.39, 0.29) is 5.56 Å². The van der Waals surface area contributed by atoms with E-state index in [2.05, 4.69) is 0 Å². The van der Waals surface area contributed by atoms with Crippen molar-refractivity contribution >= 4 is 0 Å². The van der Waals surface area contributed by atoms with Gasteiger partial charge in [-0.05, 0) is 36.8 Å². The summed E-state index contributed by atoms with van der Waals surface area (Å²) < 4.78 is 24.3. The Morgan fingerprint density at radius 1 is 1.10 bits per heavy atom. The number of benzene rings is 2. The van der Waals surface area contributed by atoms with Gasteiger partial charge < -0.3 is 14.6 Å². The van der Waals surface area contributed by atoms with Crippen LogP contribution in [-0.4, -0.2) is 18.8 Å². The number of aliphatic hydroxyl groups excluding tert-OH is 1. The zero-order chi connectivity index (χ0) is 15.2. The molecule has 112 valence electrons. The van der Waals surface area contributed by atoms with Crippen LogP contribution >= 0.6 is 0 Å². The molecule has 0 saturated carbocycles. The van der Waals surface area contributed by atoms with Crippen molar-refractivity contribution in [3.05, 3.63) is 59.4 Å². The summed E-state index contributed by atoms with van der Waals surface area (Å²) in [5.41, 5.74) is 1.40. The Morgan fingerprint density at radius 2 is 1.76 bits per heavy atom. The van der Waals surface area contributed by atoms with Gasteiger partial charge in [-0.15, -0.1) is 0 Å². The van der Waals surface area contributed by atoms with Gasteiger partial charge in [0.1, 0.15) is 17.3 Å². The molecular formula is C17H19FO3. The average molecular weight is 290 g/mol. The first-order valence-corrected chi connectivity index (χ1v) is 6.83. The van der Waals surface area contributed by atoms with Crippen LogP contribution in [0.3, 0.4) is 0 Å². The molecule has 0 aliphatic carbocycles. The lowest BCUT2D eigenvalue weighted by Crippen LogP contribution is -2.03. The van der Waals surface area contributed by atoms with Crippen LogP contribution in [0.25, 0.3) is 0 Å². The van der Waals surface area contributed by atoms with Gasteiger partial charge in [-0.3, -0.25) is 0 Å². The molecule has 0 aliphatic rings. The predicted octanol–water partition coefficient (Wildman–Crippen LogP) is 3.51. The summed E-state index contributed by atoms with van der Waals surface area (Å²) in [4.78, 5) is 0. The molecule has 0 spiro atoms. The highest BCUT2D eigenvalue weighted by Gasteiger charge is 2.09. The molecule has 1 atom stereocenters. The first-order valence-electron chi connectivity index (χ1n) is 6.83. The Labute approximate surface area is 124 Å². The zero-order valence-corrected chi connectivity index (χ0v) is 12.2. The second-order valence-corrected chi connectivity index (χ2v) is 4.81. The molecule has 2 aromatic carbocycles. The Balaban J connectivity index is 1.89. The van der Waals surface area contributed by atoms with Gasteiger partial charge in [0.2, 0.25) is 0 Å². The van der Waals surface area contributed by atoms with Crippen LogP contribution in [0.4, 0.5) is 4.39 Å². The molecule has 0 unspecified atom stereocenters. The van der Waals surface area contributed by atoms with Gasteiger partial charge >= 0.3 is 0 Å². The second kappa shape index (κ2) is 7.09. The third-order valence-corrected chi connectivity index (χ3v) is 3.24. The number of hydrogen-bond acceptors (Lipinski definition) is 3. The van der Waals surface area contributed by atoms with E-state index in [4.69, 9.17) is 9.47 Å². The fraction of sp³-hybridized carbons (Fsp3) is 0.294. The Morgan fingerprint density at radius 3 is 2.33 bits per heavy atom. The van der Waals surface area contributed by atoms with Crippen LogP contribution in [0.5, 0.6) is 11.5 Å². The van der Waals surface area contributed by atoms with Gasteiger partial charge in [0.25, 0.3) is 0 Å². The molecule has 2 rings (SSSR count). The normalized spacial score (nSPS) is 12.0. The molecule has 0 bridgehead atoms. The Hall–Kier alpha value is -2.07. The minimum Gasteiger partial charge on any atom is -0.497 e. The number of hydrogen-bond donors (Lipinski definition) is 1. The van der Waals surface area contributed by atoms with Crippen LogP contribution < -0.4 is 9.47 Å². The third-order valence-electron chi connectivity index (χ3n) is 3.24. The van der Waals surface area contributed by atoms with Crippen molar-refractivity contribution in [2.45, 2.75) is 19.4 Å². The van der Waals surface area contributed by atoms with Gasteiger partial charge in [0.05, 0.1) is 19.8 Å². The first-order chi connectivity index (χ1) is 10.1. The fourth-order valence-corrected chi connectivity index (χ4v) is 2.02. The maximum absolute atomic E-state index is 13.7. The molecular weight excluding hydrogens is 271 g/mol. The summed E-state index contributed by atoms with van der Waals surface area (Å²) >= 11 is 0. The van der Waals surface area contributed by atoms with Crippen LogP contribution in [-0.2, 0) is 6.42 Å². The summed E-state index contributed by atoms with van der Waals surface area (Å²) in [6, 6.07) is 12.2. The minimum absolute atomic E-state index is 0.275. The molecule has 1 N–H and O–H groups in total. The van der Waals surface area contributed by atoms with Gasteiger partial charge in [0.15, 0.2) is 0 Å². The summed E-state index contributed by atoms with van der Waals surface area (Å²) in [6.45, 7) is 1.99. The monoisotopic (exact) mass is 290 g/mol. The molecule has 3 nitrogen and oxygen atoms in total.